The van der Waals surface area contributed by atoms with Crippen LogP contribution in [0.25, 0.3) is 0 Å². The molecule has 0 aliphatic heterocycles. The van der Waals surface area contributed by atoms with E-state index in [1.54, 1.807) is 6.26 Å². The van der Waals surface area contributed by atoms with Crippen LogP contribution in [0.4, 0.5) is 0 Å². The molecule has 0 saturated carbocycles. The first-order valence-electron chi connectivity index (χ1n) is 6.59. The normalized spacial score (nSPS) is 13.2. The SMILES string of the molecule is CCCCNCC(C)N(C)Cc1ccoc1C. The number of nitrogens with zero attached hydrogens (tertiary/aromatic N) is 1. The highest BCUT2D eigenvalue weighted by Gasteiger charge is 2.11. The van der Waals surface area contributed by atoms with Crippen LogP contribution in [-0.4, -0.2) is 31.1 Å². The molecule has 0 saturated heterocycles. The van der Waals surface area contributed by atoms with Crippen LogP contribution in [-0.2, 0) is 6.54 Å². The minimum atomic E-state index is 0.543. The van der Waals surface area contributed by atoms with Gasteiger partial charge in [0, 0.05) is 24.7 Å². The number of aryl methyl sites for hydroxylation is 1. The number of furan rings is 1. The quantitative estimate of drug-likeness (QED) is 0.706. The standard InChI is InChI=1S/C14H26N2O/c1-5-6-8-15-10-12(2)16(4)11-14-7-9-17-13(14)3/h7,9,12,15H,5-6,8,10-11H2,1-4H3. The predicted octanol–water partition coefficient (Wildman–Crippen LogP) is 2.80. The summed E-state index contributed by atoms with van der Waals surface area (Å²) >= 11 is 0. The Balaban J connectivity index is 2.27. The fraction of sp³-hybridized carbons (Fsp3) is 0.714. The molecule has 0 aliphatic carbocycles. The molecule has 0 aromatic carbocycles. The molecular formula is C14H26N2O. The summed E-state index contributed by atoms with van der Waals surface area (Å²) in [6, 6.07) is 2.60. The fourth-order valence-corrected chi connectivity index (χ4v) is 1.77. The third-order valence-corrected chi connectivity index (χ3v) is 3.29. The third-order valence-electron chi connectivity index (χ3n) is 3.29. The molecule has 0 fully saturated rings. The van der Waals surface area contributed by atoms with Gasteiger partial charge in [-0.25, -0.2) is 0 Å². The van der Waals surface area contributed by atoms with Gasteiger partial charge in [0.1, 0.15) is 5.76 Å². The van der Waals surface area contributed by atoms with E-state index in [-0.39, 0.29) is 0 Å². The summed E-state index contributed by atoms with van der Waals surface area (Å²) in [5, 5.41) is 3.50. The van der Waals surface area contributed by atoms with Crippen LogP contribution in [0, 0.1) is 6.92 Å². The highest BCUT2D eigenvalue weighted by Crippen LogP contribution is 2.12. The van der Waals surface area contributed by atoms with Crippen molar-refractivity contribution in [1.29, 1.82) is 0 Å². The molecule has 98 valence electrons. The minimum absolute atomic E-state index is 0.543. The smallest absolute Gasteiger partial charge is 0.105 e. The summed E-state index contributed by atoms with van der Waals surface area (Å²) in [7, 11) is 2.17. The summed E-state index contributed by atoms with van der Waals surface area (Å²) in [6.07, 6.45) is 4.28. The Hall–Kier alpha value is -0.800. The average molecular weight is 238 g/mol. The number of rotatable bonds is 8. The summed E-state index contributed by atoms with van der Waals surface area (Å²) in [5.74, 6) is 1.03. The molecule has 1 unspecified atom stereocenters. The fourth-order valence-electron chi connectivity index (χ4n) is 1.77. The molecule has 0 amide bonds. The topological polar surface area (TPSA) is 28.4 Å². The second kappa shape index (κ2) is 7.51. The molecule has 1 heterocycles. The molecule has 3 nitrogen and oxygen atoms in total. The van der Waals surface area contributed by atoms with E-state index in [2.05, 4.69) is 37.2 Å². The van der Waals surface area contributed by atoms with Crippen LogP contribution in [0.2, 0.25) is 0 Å². The zero-order chi connectivity index (χ0) is 12.7. The molecule has 0 radical (unpaired) electrons. The van der Waals surface area contributed by atoms with E-state index in [1.807, 2.05) is 6.92 Å². The molecule has 1 aromatic rings. The van der Waals surface area contributed by atoms with Crippen LogP contribution in [0.15, 0.2) is 16.7 Å². The molecule has 0 bridgehead atoms. The van der Waals surface area contributed by atoms with Crippen molar-refractivity contribution in [3.05, 3.63) is 23.7 Å². The Morgan fingerprint density at radius 3 is 2.82 bits per heavy atom. The van der Waals surface area contributed by atoms with Crippen molar-refractivity contribution >= 4 is 0 Å². The number of unbranched alkanes of at least 4 members (excludes halogenated alkanes) is 1. The molecule has 1 aromatic heterocycles. The first-order chi connectivity index (χ1) is 8.15. The van der Waals surface area contributed by atoms with E-state index in [4.69, 9.17) is 4.42 Å². The number of hydrogen-bond donors (Lipinski definition) is 1. The van der Waals surface area contributed by atoms with Crippen LogP contribution < -0.4 is 5.32 Å². The molecule has 0 aliphatic rings. The maximum atomic E-state index is 5.32. The molecule has 1 N–H and O–H groups in total. The minimum Gasteiger partial charge on any atom is -0.469 e. The summed E-state index contributed by atoms with van der Waals surface area (Å²) < 4.78 is 5.32. The van der Waals surface area contributed by atoms with Gasteiger partial charge in [0.15, 0.2) is 0 Å². The Labute approximate surface area is 105 Å². The molecule has 3 heteroatoms. The first kappa shape index (κ1) is 14.3. The molecule has 0 spiro atoms. The zero-order valence-corrected chi connectivity index (χ0v) is 11.6. The van der Waals surface area contributed by atoms with Crippen molar-refractivity contribution in [2.45, 2.75) is 46.2 Å². The van der Waals surface area contributed by atoms with E-state index >= 15 is 0 Å². The molecular weight excluding hydrogens is 212 g/mol. The highest BCUT2D eigenvalue weighted by molar-refractivity contribution is 5.15. The second-order valence-corrected chi connectivity index (χ2v) is 4.82. The largest absolute Gasteiger partial charge is 0.469 e. The van der Waals surface area contributed by atoms with Gasteiger partial charge < -0.3 is 9.73 Å². The zero-order valence-electron chi connectivity index (χ0n) is 11.6. The van der Waals surface area contributed by atoms with Gasteiger partial charge in [-0.1, -0.05) is 13.3 Å². The van der Waals surface area contributed by atoms with Crippen LogP contribution in [0.3, 0.4) is 0 Å². The van der Waals surface area contributed by atoms with Crippen molar-refractivity contribution in [2.24, 2.45) is 0 Å². The van der Waals surface area contributed by atoms with E-state index in [0.717, 1.165) is 25.4 Å². The van der Waals surface area contributed by atoms with E-state index in [9.17, 15) is 0 Å². The predicted molar refractivity (Wildman–Crippen MR) is 72.2 cm³/mol. The Bertz CT molecular complexity index is 309. The summed E-state index contributed by atoms with van der Waals surface area (Å²) in [4.78, 5) is 2.36. The second-order valence-electron chi connectivity index (χ2n) is 4.82. The monoisotopic (exact) mass is 238 g/mol. The van der Waals surface area contributed by atoms with Crippen molar-refractivity contribution in [2.75, 3.05) is 20.1 Å². The van der Waals surface area contributed by atoms with Crippen LogP contribution >= 0.6 is 0 Å². The van der Waals surface area contributed by atoms with Gasteiger partial charge in [-0.15, -0.1) is 0 Å². The molecule has 17 heavy (non-hydrogen) atoms. The van der Waals surface area contributed by atoms with Gasteiger partial charge in [-0.2, -0.15) is 0 Å². The summed E-state index contributed by atoms with van der Waals surface area (Å²) in [5.41, 5.74) is 1.29. The van der Waals surface area contributed by atoms with Crippen LogP contribution in [0.5, 0.6) is 0 Å². The van der Waals surface area contributed by atoms with Gasteiger partial charge in [-0.05, 0) is 39.9 Å². The average Bonchev–Trinajstić information content (AvgIpc) is 2.70. The number of nitrogens with one attached hydrogen (secondary N) is 1. The Kier molecular flexibility index (Phi) is 6.30. The molecule has 1 atom stereocenters. The lowest BCUT2D eigenvalue weighted by atomic mass is 10.2. The van der Waals surface area contributed by atoms with E-state index in [0.29, 0.717) is 6.04 Å². The molecule has 1 rings (SSSR count). The van der Waals surface area contributed by atoms with Crippen molar-refractivity contribution in [1.82, 2.24) is 10.2 Å². The highest BCUT2D eigenvalue weighted by atomic mass is 16.3. The lowest BCUT2D eigenvalue weighted by molar-refractivity contribution is 0.241. The van der Waals surface area contributed by atoms with Gasteiger partial charge in [-0.3, -0.25) is 4.90 Å². The maximum absolute atomic E-state index is 5.32. The van der Waals surface area contributed by atoms with Crippen LogP contribution in [0.1, 0.15) is 38.0 Å². The van der Waals surface area contributed by atoms with Gasteiger partial charge in [0.2, 0.25) is 0 Å². The first-order valence-corrected chi connectivity index (χ1v) is 6.59. The third kappa shape index (κ3) is 4.92. The van der Waals surface area contributed by atoms with Gasteiger partial charge >= 0.3 is 0 Å². The van der Waals surface area contributed by atoms with Crippen molar-refractivity contribution < 1.29 is 4.42 Å². The van der Waals surface area contributed by atoms with E-state index in [1.165, 1.54) is 18.4 Å². The maximum Gasteiger partial charge on any atom is 0.105 e. The number of likely N-dealkylation sites (N-methyl/N-ethyl adjacent to an activating group) is 1. The van der Waals surface area contributed by atoms with Crippen molar-refractivity contribution in [3.8, 4) is 0 Å². The van der Waals surface area contributed by atoms with E-state index < -0.39 is 0 Å². The lowest BCUT2D eigenvalue weighted by Gasteiger charge is -2.24. The Morgan fingerprint density at radius 2 is 2.24 bits per heavy atom. The number of hydrogen-bond acceptors (Lipinski definition) is 3. The van der Waals surface area contributed by atoms with Gasteiger partial charge in [0.05, 0.1) is 6.26 Å². The summed E-state index contributed by atoms with van der Waals surface area (Å²) in [6.45, 7) is 9.63. The van der Waals surface area contributed by atoms with Gasteiger partial charge in [0.25, 0.3) is 0 Å². The van der Waals surface area contributed by atoms with Crippen molar-refractivity contribution in [3.63, 3.8) is 0 Å². The Morgan fingerprint density at radius 1 is 1.47 bits per heavy atom. The lowest BCUT2D eigenvalue weighted by Crippen LogP contribution is -2.37.